The van der Waals surface area contributed by atoms with Gasteiger partial charge in [0.15, 0.2) is 5.11 Å². The number of nitrogens with zero attached hydrogens (tertiary/aromatic N) is 2. The minimum absolute atomic E-state index is 0.0393. The summed E-state index contributed by atoms with van der Waals surface area (Å²) in [7, 11) is 1.65. The van der Waals surface area contributed by atoms with Gasteiger partial charge in [-0.25, -0.2) is 0 Å². The van der Waals surface area contributed by atoms with Crippen LogP contribution < -0.4 is 15.4 Å². The first-order valence-electron chi connectivity index (χ1n) is 7.57. The van der Waals surface area contributed by atoms with Crippen molar-refractivity contribution in [3.8, 4) is 5.75 Å². The molecule has 0 aliphatic rings. The highest BCUT2D eigenvalue weighted by atomic mass is 32.1. The molecular weight excluding hydrogens is 308 g/mol. The zero-order valence-electron chi connectivity index (χ0n) is 14.0. The van der Waals surface area contributed by atoms with E-state index in [9.17, 15) is 0 Å². The molecule has 1 aromatic heterocycles. The Bertz CT molecular complexity index is 617. The maximum Gasteiger partial charge on any atom is 0.171 e. The Hall–Kier alpha value is -2.08. The SMILES string of the molecule is COc1ccc(NC(=S)NC(Cn2cccn2)C(C)(C)C)cc1. The van der Waals surface area contributed by atoms with E-state index in [-0.39, 0.29) is 11.5 Å². The fraction of sp³-hybridized carbons (Fsp3) is 0.412. The molecule has 0 saturated heterocycles. The molecule has 1 heterocycles. The highest BCUT2D eigenvalue weighted by Gasteiger charge is 2.25. The second-order valence-corrected chi connectivity index (χ2v) is 6.88. The lowest BCUT2D eigenvalue weighted by molar-refractivity contribution is 0.262. The average molecular weight is 332 g/mol. The number of nitrogens with one attached hydrogen (secondary N) is 2. The summed E-state index contributed by atoms with van der Waals surface area (Å²) in [6, 6.07) is 9.75. The van der Waals surface area contributed by atoms with E-state index in [0.717, 1.165) is 18.0 Å². The van der Waals surface area contributed by atoms with Crippen molar-refractivity contribution in [2.45, 2.75) is 33.4 Å². The molecule has 0 radical (unpaired) electrons. The van der Waals surface area contributed by atoms with Crippen LogP contribution in [-0.4, -0.2) is 28.0 Å². The van der Waals surface area contributed by atoms with Gasteiger partial charge in [0.1, 0.15) is 5.75 Å². The minimum Gasteiger partial charge on any atom is -0.497 e. The second-order valence-electron chi connectivity index (χ2n) is 6.47. The van der Waals surface area contributed by atoms with Gasteiger partial charge in [-0.1, -0.05) is 20.8 Å². The third-order valence-corrected chi connectivity index (χ3v) is 3.85. The predicted molar refractivity (Wildman–Crippen MR) is 97.8 cm³/mol. The molecule has 0 aliphatic carbocycles. The van der Waals surface area contributed by atoms with E-state index in [1.54, 1.807) is 13.3 Å². The Kier molecular flexibility index (Phi) is 5.60. The van der Waals surface area contributed by atoms with Gasteiger partial charge in [0, 0.05) is 18.1 Å². The Morgan fingerprint density at radius 2 is 2.00 bits per heavy atom. The Morgan fingerprint density at radius 1 is 1.30 bits per heavy atom. The van der Waals surface area contributed by atoms with Crippen LogP contribution in [-0.2, 0) is 6.54 Å². The molecule has 2 N–H and O–H groups in total. The van der Waals surface area contributed by atoms with Gasteiger partial charge in [-0.15, -0.1) is 0 Å². The topological polar surface area (TPSA) is 51.1 Å². The summed E-state index contributed by atoms with van der Waals surface area (Å²) in [6.07, 6.45) is 3.74. The molecule has 124 valence electrons. The number of rotatable bonds is 5. The van der Waals surface area contributed by atoms with Crippen LogP contribution in [0.15, 0.2) is 42.7 Å². The maximum atomic E-state index is 5.45. The highest BCUT2D eigenvalue weighted by molar-refractivity contribution is 7.80. The smallest absolute Gasteiger partial charge is 0.171 e. The lowest BCUT2D eigenvalue weighted by atomic mass is 9.87. The molecule has 2 aromatic rings. The summed E-state index contributed by atoms with van der Waals surface area (Å²) in [5, 5.41) is 11.5. The van der Waals surface area contributed by atoms with Crippen LogP contribution in [0, 0.1) is 5.41 Å². The van der Waals surface area contributed by atoms with E-state index in [4.69, 9.17) is 17.0 Å². The molecule has 0 spiro atoms. The van der Waals surface area contributed by atoms with Crippen LogP contribution in [0.3, 0.4) is 0 Å². The summed E-state index contributed by atoms with van der Waals surface area (Å²) >= 11 is 5.45. The van der Waals surface area contributed by atoms with Gasteiger partial charge >= 0.3 is 0 Å². The first-order chi connectivity index (χ1) is 10.9. The number of anilines is 1. The van der Waals surface area contributed by atoms with Crippen LogP contribution in [0.1, 0.15) is 20.8 Å². The molecule has 5 nitrogen and oxygen atoms in total. The van der Waals surface area contributed by atoms with Gasteiger partial charge in [-0.05, 0) is 48.0 Å². The van der Waals surface area contributed by atoms with Gasteiger partial charge in [0.25, 0.3) is 0 Å². The average Bonchev–Trinajstić information content (AvgIpc) is 2.99. The molecule has 2 rings (SSSR count). The van der Waals surface area contributed by atoms with Crippen molar-refractivity contribution in [3.05, 3.63) is 42.7 Å². The van der Waals surface area contributed by atoms with Gasteiger partial charge in [-0.2, -0.15) is 5.10 Å². The Balaban J connectivity index is 1.99. The third kappa shape index (κ3) is 5.25. The van der Waals surface area contributed by atoms with Crippen molar-refractivity contribution in [2.24, 2.45) is 5.41 Å². The molecule has 0 bridgehead atoms. The largest absolute Gasteiger partial charge is 0.497 e. The van der Waals surface area contributed by atoms with E-state index in [1.807, 2.05) is 41.2 Å². The Labute approximate surface area is 143 Å². The standard InChI is InChI=1S/C17H24N4OS/c1-17(2,3)15(12-21-11-5-10-18-21)20-16(23)19-13-6-8-14(22-4)9-7-13/h5-11,15H,12H2,1-4H3,(H2,19,20,23). The number of ether oxygens (including phenoxy) is 1. The minimum atomic E-state index is 0.0393. The molecule has 0 fully saturated rings. The number of benzene rings is 1. The van der Waals surface area contributed by atoms with Gasteiger partial charge in [-0.3, -0.25) is 4.68 Å². The highest BCUT2D eigenvalue weighted by Crippen LogP contribution is 2.21. The molecule has 0 aliphatic heterocycles. The molecular formula is C17H24N4OS. The van der Waals surface area contributed by atoms with Crippen LogP contribution in [0.2, 0.25) is 0 Å². The third-order valence-electron chi connectivity index (χ3n) is 3.63. The van der Waals surface area contributed by atoms with Gasteiger partial charge in [0.2, 0.25) is 0 Å². The Morgan fingerprint density at radius 3 is 2.52 bits per heavy atom. The summed E-state index contributed by atoms with van der Waals surface area (Å²) in [4.78, 5) is 0. The summed E-state index contributed by atoms with van der Waals surface area (Å²) in [5.41, 5.74) is 0.965. The van der Waals surface area contributed by atoms with Crippen molar-refractivity contribution in [2.75, 3.05) is 12.4 Å². The second kappa shape index (κ2) is 7.46. The van der Waals surface area contributed by atoms with Gasteiger partial charge in [0.05, 0.1) is 19.7 Å². The quantitative estimate of drug-likeness (QED) is 0.823. The molecule has 0 amide bonds. The fourth-order valence-corrected chi connectivity index (χ4v) is 2.39. The number of hydrogen-bond acceptors (Lipinski definition) is 3. The van der Waals surface area contributed by atoms with Crippen molar-refractivity contribution in [1.82, 2.24) is 15.1 Å². The summed E-state index contributed by atoms with van der Waals surface area (Å²) in [5.74, 6) is 0.820. The lowest BCUT2D eigenvalue weighted by Gasteiger charge is -2.32. The van der Waals surface area contributed by atoms with Crippen molar-refractivity contribution < 1.29 is 4.74 Å². The molecule has 23 heavy (non-hydrogen) atoms. The van der Waals surface area contributed by atoms with Crippen molar-refractivity contribution in [3.63, 3.8) is 0 Å². The van der Waals surface area contributed by atoms with E-state index in [0.29, 0.717) is 5.11 Å². The van der Waals surface area contributed by atoms with Crippen LogP contribution in [0.4, 0.5) is 5.69 Å². The van der Waals surface area contributed by atoms with Gasteiger partial charge < -0.3 is 15.4 Å². The van der Waals surface area contributed by atoms with E-state index >= 15 is 0 Å². The lowest BCUT2D eigenvalue weighted by Crippen LogP contribution is -2.48. The van der Waals surface area contributed by atoms with Crippen LogP contribution in [0.5, 0.6) is 5.75 Å². The summed E-state index contributed by atoms with van der Waals surface area (Å²) in [6.45, 7) is 7.30. The van der Waals surface area contributed by atoms with Crippen LogP contribution in [0.25, 0.3) is 0 Å². The molecule has 6 heteroatoms. The predicted octanol–water partition coefficient (Wildman–Crippen LogP) is 3.29. The normalized spacial score (nSPS) is 12.5. The number of hydrogen-bond donors (Lipinski definition) is 2. The number of aromatic nitrogens is 2. The van der Waals surface area contributed by atoms with Crippen molar-refractivity contribution >= 4 is 23.0 Å². The fourth-order valence-electron chi connectivity index (χ4n) is 2.13. The molecule has 1 aromatic carbocycles. The van der Waals surface area contributed by atoms with E-state index < -0.39 is 0 Å². The number of methoxy groups -OCH3 is 1. The maximum absolute atomic E-state index is 5.45. The zero-order valence-corrected chi connectivity index (χ0v) is 14.9. The number of thiocarbonyl (C=S) groups is 1. The molecule has 0 saturated carbocycles. The molecule has 1 unspecified atom stereocenters. The van der Waals surface area contributed by atoms with Crippen LogP contribution >= 0.6 is 12.2 Å². The monoisotopic (exact) mass is 332 g/mol. The zero-order chi connectivity index (χ0) is 16.9. The van der Waals surface area contributed by atoms with E-state index in [2.05, 4.69) is 36.5 Å². The molecule has 1 atom stereocenters. The first kappa shape index (κ1) is 17.3. The first-order valence-corrected chi connectivity index (χ1v) is 7.98. The van der Waals surface area contributed by atoms with Crippen molar-refractivity contribution in [1.29, 1.82) is 0 Å². The van der Waals surface area contributed by atoms with E-state index in [1.165, 1.54) is 0 Å². The summed E-state index contributed by atoms with van der Waals surface area (Å²) < 4.78 is 7.07.